The first kappa shape index (κ1) is 17.7. The number of amides is 1. The zero-order valence-corrected chi connectivity index (χ0v) is 15.6. The van der Waals surface area contributed by atoms with Crippen LogP contribution in [0.4, 0.5) is 5.69 Å². The highest BCUT2D eigenvalue weighted by atomic mass is 32.1. The second kappa shape index (κ2) is 7.89. The van der Waals surface area contributed by atoms with Crippen molar-refractivity contribution >= 4 is 29.1 Å². The van der Waals surface area contributed by atoms with Gasteiger partial charge >= 0.3 is 0 Å². The number of hydrazone groups is 1. The molecule has 0 aliphatic carbocycles. The van der Waals surface area contributed by atoms with E-state index in [1.165, 1.54) is 0 Å². The molecule has 2 aromatic heterocycles. The number of nitrogens with one attached hydrogen (secondary N) is 1. The number of rotatable bonds is 5. The summed E-state index contributed by atoms with van der Waals surface area (Å²) >= 11 is 1.60. The second-order valence-electron chi connectivity index (χ2n) is 6.01. The first-order valence-electron chi connectivity index (χ1n) is 8.58. The Morgan fingerprint density at radius 3 is 2.57 bits per heavy atom. The fraction of sp³-hybridized carbons (Fsp3) is 0. The molecule has 7 heteroatoms. The van der Waals surface area contributed by atoms with Gasteiger partial charge in [-0.25, -0.2) is 10.1 Å². The van der Waals surface area contributed by atoms with E-state index in [0.29, 0.717) is 11.3 Å². The van der Waals surface area contributed by atoms with Gasteiger partial charge in [0.1, 0.15) is 5.69 Å². The molecule has 0 atom stereocenters. The Bertz CT molecular complexity index is 1100. The zero-order chi connectivity index (χ0) is 19.3. The van der Waals surface area contributed by atoms with Crippen LogP contribution in [0.2, 0.25) is 0 Å². The Kier molecular flexibility index (Phi) is 4.99. The lowest BCUT2D eigenvalue weighted by molar-refractivity contribution is 0.0955. The van der Waals surface area contributed by atoms with Crippen molar-refractivity contribution in [1.29, 1.82) is 0 Å². The first-order valence-corrected chi connectivity index (χ1v) is 9.46. The molecule has 0 radical (unpaired) electrons. The van der Waals surface area contributed by atoms with E-state index in [0.717, 1.165) is 21.8 Å². The maximum Gasteiger partial charge on any atom is 0.271 e. The van der Waals surface area contributed by atoms with E-state index in [2.05, 4.69) is 10.5 Å². The number of hydrogen-bond donors (Lipinski definition) is 2. The predicted molar refractivity (Wildman–Crippen MR) is 113 cm³/mol. The lowest BCUT2D eigenvalue weighted by Crippen LogP contribution is -2.17. The minimum atomic E-state index is -0.302. The van der Waals surface area contributed by atoms with Gasteiger partial charge in [-0.3, -0.25) is 4.79 Å². The van der Waals surface area contributed by atoms with Crippen molar-refractivity contribution < 1.29 is 4.79 Å². The summed E-state index contributed by atoms with van der Waals surface area (Å²) in [4.78, 5) is 13.2. The van der Waals surface area contributed by atoms with Crippen LogP contribution in [-0.2, 0) is 0 Å². The highest BCUT2D eigenvalue weighted by molar-refractivity contribution is 7.13. The minimum Gasteiger partial charge on any atom is -0.399 e. The molecule has 2 heterocycles. The fourth-order valence-electron chi connectivity index (χ4n) is 2.66. The minimum absolute atomic E-state index is 0.302. The van der Waals surface area contributed by atoms with Gasteiger partial charge in [-0.05, 0) is 47.8 Å². The molecule has 1 amide bonds. The van der Waals surface area contributed by atoms with Gasteiger partial charge < -0.3 is 5.73 Å². The van der Waals surface area contributed by atoms with Gasteiger partial charge in [-0.2, -0.15) is 10.2 Å². The average molecular weight is 387 g/mol. The van der Waals surface area contributed by atoms with Crippen molar-refractivity contribution in [2.45, 2.75) is 0 Å². The number of carbonyl (C=O) groups is 1. The van der Waals surface area contributed by atoms with E-state index in [1.54, 1.807) is 46.5 Å². The van der Waals surface area contributed by atoms with Gasteiger partial charge in [0, 0.05) is 23.0 Å². The lowest BCUT2D eigenvalue weighted by atomic mass is 10.2. The summed E-state index contributed by atoms with van der Waals surface area (Å²) in [5.74, 6) is -0.302. The summed E-state index contributed by atoms with van der Waals surface area (Å²) in [6.45, 7) is 0. The van der Waals surface area contributed by atoms with Crippen molar-refractivity contribution in [3.63, 3.8) is 0 Å². The van der Waals surface area contributed by atoms with Crippen molar-refractivity contribution in [3.05, 3.63) is 89.4 Å². The Morgan fingerprint density at radius 1 is 1.07 bits per heavy atom. The van der Waals surface area contributed by atoms with E-state index < -0.39 is 0 Å². The van der Waals surface area contributed by atoms with Crippen LogP contribution in [0.5, 0.6) is 0 Å². The summed E-state index contributed by atoms with van der Waals surface area (Å²) < 4.78 is 1.80. The molecule has 28 heavy (non-hydrogen) atoms. The van der Waals surface area contributed by atoms with Crippen LogP contribution in [0.15, 0.2) is 83.4 Å². The number of nitrogens with zero attached hydrogens (tertiary/aromatic N) is 3. The van der Waals surface area contributed by atoms with E-state index in [1.807, 2.05) is 54.0 Å². The number of nitrogen functional groups attached to an aromatic ring is 1. The number of hydrogen-bond acceptors (Lipinski definition) is 5. The SMILES string of the molecule is Nc1ccc(C(=O)NN=Cc2cn(-c3ccccc3)nc2-c2cccs2)cc1. The maximum atomic E-state index is 12.2. The molecule has 0 saturated carbocycles. The zero-order valence-electron chi connectivity index (χ0n) is 14.8. The average Bonchev–Trinajstić information content (AvgIpc) is 3.39. The molecule has 0 saturated heterocycles. The molecule has 0 aliphatic rings. The molecule has 4 aromatic rings. The lowest BCUT2D eigenvalue weighted by Gasteiger charge is -2.00. The Labute approximate surface area is 165 Å². The van der Waals surface area contributed by atoms with Crippen molar-refractivity contribution in [2.24, 2.45) is 5.10 Å². The van der Waals surface area contributed by atoms with Crippen molar-refractivity contribution in [2.75, 3.05) is 5.73 Å². The number of benzene rings is 2. The van der Waals surface area contributed by atoms with E-state index in [9.17, 15) is 4.79 Å². The molecule has 0 spiro atoms. The molecule has 0 aliphatic heterocycles. The highest BCUT2D eigenvalue weighted by Crippen LogP contribution is 2.26. The molecule has 3 N–H and O–H groups in total. The predicted octanol–water partition coefficient (Wildman–Crippen LogP) is 3.95. The summed E-state index contributed by atoms with van der Waals surface area (Å²) in [7, 11) is 0. The van der Waals surface area contributed by atoms with Crippen LogP contribution in [0, 0.1) is 0 Å². The fourth-order valence-corrected chi connectivity index (χ4v) is 3.39. The Hall–Kier alpha value is -3.71. The third-order valence-corrected chi connectivity index (χ3v) is 4.94. The molecular weight excluding hydrogens is 370 g/mol. The number of carbonyl (C=O) groups excluding carboxylic acids is 1. The van der Waals surface area contributed by atoms with E-state index in [4.69, 9.17) is 10.8 Å². The van der Waals surface area contributed by atoms with Crippen LogP contribution < -0.4 is 11.2 Å². The van der Waals surface area contributed by atoms with Crippen LogP contribution in [0.1, 0.15) is 15.9 Å². The quantitative estimate of drug-likeness (QED) is 0.309. The molecule has 0 unspecified atom stereocenters. The largest absolute Gasteiger partial charge is 0.399 e. The van der Waals surface area contributed by atoms with E-state index >= 15 is 0 Å². The number of thiophene rings is 1. The van der Waals surface area contributed by atoms with Crippen LogP contribution in [-0.4, -0.2) is 21.9 Å². The van der Waals surface area contributed by atoms with Crippen LogP contribution >= 0.6 is 11.3 Å². The van der Waals surface area contributed by atoms with Crippen LogP contribution in [0.25, 0.3) is 16.3 Å². The summed E-state index contributed by atoms with van der Waals surface area (Å²) in [6, 6.07) is 20.5. The van der Waals surface area contributed by atoms with Gasteiger partial charge in [0.05, 0.1) is 16.8 Å². The van der Waals surface area contributed by atoms with Crippen LogP contribution in [0.3, 0.4) is 0 Å². The molecular formula is C21H17N5OS. The van der Waals surface area contributed by atoms with Gasteiger partial charge in [-0.15, -0.1) is 11.3 Å². The molecule has 0 bridgehead atoms. The van der Waals surface area contributed by atoms with Gasteiger partial charge in [-0.1, -0.05) is 24.3 Å². The monoisotopic (exact) mass is 387 g/mol. The topological polar surface area (TPSA) is 85.3 Å². The first-order chi connectivity index (χ1) is 13.7. The van der Waals surface area contributed by atoms with Gasteiger partial charge in [0.15, 0.2) is 0 Å². The van der Waals surface area contributed by atoms with Crippen molar-refractivity contribution in [1.82, 2.24) is 15.2 Å². The third kappa shape index (κ3) is 3.84. The molecule has 0 fully saturated rings. The number of anilines is 1. The molecule has 2 aromatic carbocycles. The number of aromatic nitrogens is 2. The maximum absolute atomic E-state index is 12.2. The molecule has 138 valence electrons. The normalized spacial score (nSPS) is 11.0. The summed E-state index contributed by atoms with van der Waals surface area (Å²) in [5, 5.41) is 10.8. The number of para-hydroxylation sites is 1. The Morgan fingerprint density at radius 2 is 1.86 bits per heavy atom. The van der Waals surface area contributed by atoms with Gasteiger partial charge in [0.25, 0.3) is 5.91 Å². The molecule has 6 nitrogen and oxygen atoms in total. The summed E-state index contributed by atoms with van der Waals surface area (Å²) in [6.07, 6.45) is 3.50. The molecule has 4 rings (SSSR count). The van der Waals surface area contributed by atoms with E-state index in [-0.39, 0.29) is 5.91 Å². The third-order valence-electron chi connectivity index (χ3n) is 4.06. The standard InChI is InChI=1S/C21H17N5OS/c22-17-10-8-15(9-11-17)21(27)24-23-13-16-14-26(18-5-2-1-3-6-18)25-20(16)19-7-4-12-28-19/h1-14H,22H2,(H,24,27). The van der Waals surface area contributed by atoms with Gasteiger partial charge in [0.2, 0.25) is 0 Å². The summed E-state index contributed by atoms with van der Waals surface area (Å²) in [5.41, 5.74) is 11.9. The highest BCUT2D eigenvalue weighted by Gasteiger charge is 2.12. The number of nitrogens with two attached hydrogens (primary N) is 1. The smallest absolute Gasteiger partial charge is 0.271 e. The second-order valence-corrected chi connectivity index (χ2v) is 6.96. The Balaban J connectivity index is 1.59. The van der Waals surface area contributed by atoms with Crippen molar-refractivity contribution in [3.8, 4) is 16.3 Å².